The lowest BCUT2D eigenvalue weighted by molar-refractivity contribution is 0.400. The van der Waals surface area contributed by atoms with Crippen molar-refractivity contribution in [3.05, 3.63) is 29.0 Å². The van der Waals surface area contributed by atoms with Gasteiger partial charge in [-0.2, -0.15) is 14.4 Å². The van der Waals surface area contributed by atoms with E-state index in [9.17, 15) is 8.42 Å². The minimum Gasteiger partial charge on any atom is -0.479 e. The summed E-state index contributed by atoms with van der Waals surface area (Å²) in [7, 11) is -1.68. The summed E-state index contributed by atoms with van der Waals surface area (Å²) in [6.45, 7) is 0.804. The maximum Gasteiger partial charge on any atom is 0.239 e. The molecule has 0 atom stereocenters. The van der Waals surface area contributed by atoms with Gasteiger partial charge in [0.05, 0.1) is 24.9 Å². The van der Waals surface area contributed by atoms with Crippen LogP contribution < -0.4 is 10.1 Å². The minimum absolute atomic E-state index is 0.362. The Hall–Kier alpha value is -2.83. The SMILES string of the molecule is COc1nc2[nH]ncc2cc1Nc1ncnc2sc3c(c12)CCN(S(C)(=O)=O)C3. The molecule has 0 spiro atoms. The zero-order valence-electron chi connectivity index (χ0n) is 15.6. The summed E-state index contributed by atoms with van der Waals surface area (Å²) in [5.74, 6) is 1.06. The number of rotatable bonds is 4. The Morgan fingerprint density at radius 1 is 1.34 bits per heavy atom. The lowest BCUT2D eigenvalue weighted by Gasteiger charge is -2.24. The van der Waals surface area contributed by atoms with Crippen molar-refractivity contribution in [2.45, 2.75) is 13.0 Å². The van der Waals surface area contributed by atoms with Gasteiger partial charge in [-0.05, 0) is 18.1 Å². The van der Waals surface area contributed by atoms with Gasteiger partial charge in [0.1, 0.15) is 22.7 Å². The van der Waals surface area contributed by atoms with Gasteiger partial charge >= 0.3 is 0 Å². The van der Waals surface area contributed by atoms with Crippen molar-refractivity contribution >= 4 is 54.1 Å². The molecule has 0 bridgehead atoms. The number of pyridine rings is 1. The van der Waals surface area contributed by atoms with Gasteiger partial charge in [0, 0.05) is 23.4 Å². The summed E-state index contributed by atoms with van der Waals surface area (Å²) >= 11 is 1.50. The summed E-state index contributed by atoms with van der Waals surface area (Å²) in [4.78, 5) is 15.1. The van der Waals surface area contributed by atoms with Crippen LogP contribution in [0.3, 0.4) is 0 Å². The molecule has 0 aromatic carbocycles. The van der Waals surface area contributed by atoms with Gasteiger partial charge in [-0.1, -0.05) is 0 Å². The molecule has 2 N–H and O–H groups in total. The molecule has 1 aliphatic heterocycles. The van der Waals surface area contributed by atoms with Gasteiger partial charge in [-0.25, -0.2) is 18.4 Å². The van der Waals surface area contributed by atoms with Crippen LogP contribution in [0, 0.1) is 0 Å². The van der Waals surface area contributed by atoms with Crippen molar-refractivity contribution in [3.63, 3.8) is 0 Å². The van der Waals surface area contributed by atoms with Gasteiger partial charge in [0.25, 0.3) is 0 Å². The average Bonchev–Trinajstić information content (AvgIpc) is 3.30. The number of ether oxygens (including phenoxy) is 1. The highest BCUT2D eigenvalue weighted by molar-refractivity contribution is 7.88. The van der Waals surface area contributed by atoms with E-state index in [4.69, 9.17) is 4.74 Å². The predicted molar refractivity (Wildman–Crippen MR) is 110 cm³/mol. The Morgan fingerprint density at radius 2 is 2.21 bits per heavy atom. The van der Waals surface area contributed by atoms with E-state index in [1.165, 1.54) is 28.2 Å². The molecule has 0 saturated heterocycles. The van der Waals surface area contributed by atoms with Crippen LogP contribution >= 0.6 is 11.3 Å². The first-order chi connectivity index (χ1) is 13.9. The van der Waals surface area contributed by atoms with Crippen molar-refractivity contribution < 1.29 is 13.2 Å². The van der Waals surface area contributed by atoms with Crippen molar-refractivity contribution in [1.82, 2.24) is 29.5 Å². The highest BCUT2D eigenvalue weighted by atomic mass is 32.2. The summed E-state index contributed by atoms with van der Waals surface area (Å²) in [5.41, 5.74) is 2.38. The zero-order valence-corrected chi connectivity index (χ0v) is 17.3. The fraction of sp³-hybridized carbons (Fsp3) is 0.294. The second kappa shape index (κ2) is 6.61. The molecular weight excluding hydrogens is 414 g/mol. The third kappa shape index (κ3) is 3.09. The molecule has 0 radical (unpaired) electrons. The van der Waals surface area contributed by atoms with Crippen LogP contribution in [-0.2, 0) is 23.0 Å². The molecule has 4 aromatic rings. The Labute approximate surface area is 170 Å². The number of nitrogens with one attached hydrogen (secondary N) is 2. The third-order valence-electron chi connectivity index (χ3n) is 4.91. The predicted octanol–water partition coefficient (Wildman–Crippen LogP) is 2.03. The molecule has 29 heavy (non-hydrogen) atoms. The van der Waals surface area contributed by atoms with E-state index in [0.29, 0.717) is 42.5 Å². The number of anilines is 2. The number of H-pyrrole nitrogens is 1. The van der Waals surface area contributed by atoms with Gasteiger partial charge < -0.3 is 10.1 Å². The highest BCUT2D eigenvalue weighted by Crippen LogP contribution is 2.39. The number of thiophene rings is 1. The molecule has 0 amide bonds. The lowest BCUT2D eigenvalue weighted by atomic mass is 10.1. The number of hydrogen-bond donors (Lipinski definition) is 2. The van der Waals surface area contributed by atoms with E-state index in [0.717, 1.165) is 26.0 Å². The summed E-state index contributed by atoms with van der Waals surface area (Å²) in [6.07, 6.45) is 5.04. The van der Waals surface area contributed by atoms with E-state index in [2.05, 4.69) is 30.5 Å². The molecule has 150 valence electrons. The first-order valence-electron chi connectivity index (χ1n) is 8.79. The molecule has 4 aromatic heterocycles. The quantitative estimate of drug-likeness (QED) is 0.503. The van der Waals surface area contributed by atoms with Crippen LogP contribution in [0.25, 0.3) is 21.3 Å². The fourth-order valence-electron chi connectivity index (χ4n) is 3.52. The Kier molecular flexibility index (Phi) is 4.15. The third-order valence-corrected chi connectivity index (χ3v) is 7.28. The Bertz CT molecular complexity index is 1350. The van der Waals surface area contributed by atoms with Gasteiger partial charge in [-0.3, -0.25) is 5.10 Å². The van der Waals surface area contributed by atoms with Crippen LogP contribution in [0.4, 0.5) is 11.5 Å². The normalized spacial score (nSPS) is 15.0. The van der Waals surface area contributed by atoms with Crippen molar-refractivity contribution in [2.24, 2.45) is 0 Å². The Morgan fingerprint density at radius 3 is 3.00 bits per heavy atom. The second-order valence-electron chi connectivity index (χ2n) is 6.73. The van der Waals surface area contributed by atoms with E-state index < -0.39 is 10.0 Å². The molecule has 12 heteroatoms. The van der Waals surface area contributed by atoms with E-state index in [-0.39, 0.29) is 0 Å². The molecule has 0 unspecified atom stereocenters. The van der Waals surface area contributed by atoms with Crippen LogP contribution in [0.1, 0.15) is 10.4 Å². The van der Waals surface area contributed by atoms with Crippen LogP contribution in [0.5, 0.6) is 5.88 Å². The smallest absolute Gasteiger partial charge is 0.239 e. The van der Waals surface area contributed by atoms with Crippen molar-refractivity contribution in [3.8, 4) is 5.88 Å². The molecule has 5 heterocycles. The number of sulfonamides is 1. The van der Waals surface area contributed by atoms with Gasteiger partial charge in [-0.15, -0.1) is 11.3 Å². The fourth-order valence-corrected chi connectivity index (χ4v) is 5.59. The Balaban J connectivity index is 1.59. The standard InChI is InChI=1S/C17H17N7O3S2/c1-27-16-11(5-9-6-20-23-14(9)22-16)21-15-13-10-3-4-24(29(2,25)26)7-12(10)28-17(13)19-8-18-15/h5-6,8H,3-4,7H2,1-2H3,(H,18,19,21)(H,20,22,23). The van der Waals surface area contributed by atoms with E-state index in [1.807, 2.05) is 6.07 Å². The largest absolute Gasteiger partial charge is 0.479 e. The molecule has 0 saturated carbocycles. The van der Waals surface area contributed by atoms with Gasteiger partial charge in [0.15, 0.2) is 5.65 Å². The molecule has 1 aliphatic rings. The van der Waals surface area contributed by atoms with Crippen molar-refractivity contribution in [2.75, 3.05) is 25.2 Å². The maximum absolute atomic E-state index is 11.9. The zero-order chi connectivity index (χ0) is 20.2. The minimum atomic E-state index is -3.23. The highest BCUT2D eigenvalue weighted by Gasteiger charge is 2.28. The average molecular weight is 432 g/mol. The maximum atomic E-state index is 11.9. The van der Waals surface area contributed by atoms with Gasteiger partial charge in [0.2, 0.25) is 15.9 Å². The van der Waals surface area contributed by atoms with Crippen LogP contribution in [0.15, 0.2) is 18.6 Å². The van der Waals surface area contributed by atoms with Crippen LogP contribution in [0.2, 0.25) is 0 Å². The molecule has 0 fully saturated rings. The molecule has 0 aliphatic carbocycles. The first kappa shape index (κ1) is 18.2. The van der Waals surface area contributed by atoms with Crippen molar-refractivity contribution in [1.29, 1.82) is 0 Å². The monoisotopic (exact) mass is 431 g/mol. The number of hydrogen-bond acceptors (Lipinski definition) is 9. The number of nitrogens with zero attached hydrogens (tertiary/aromatic N) is 5. The lowest BCUT2D eigenvalue weighted by Crippen LogP contribution is -2.34. The summed E-state index contributed by atoms with van der Waals surface area (Å²) < 4.78 is 30.8. The van der Waals surface area contributed by atoms with Crippen LogP contribution in [-0.4, -0.2) is 57.8 Å². The summed E-state index contributed by atoms with van der Waals surface area (Å²) in [6, 6.07) is 1.89. The first-order valence-corrected chi connectivity index (χ1v) is 11.5. The molecular formula is C17H17N7O3S2. The number of aromatic nitrogens is 5. The van der Waals surface area contributed by atoms with E-state index in [1.54, 1.807) is 13.3 Å². The topological polar surface area (TPSA) is 126 Å². The molecule has 5 rings (SSSR count). The number of fused-ring (bicyclic) bond motifs is 4. The van der Waals surface area contributed by atoms with E-state index >= 15 is 0 Å². The summed E-state index contributed by atoms with van der Waals surface area (Å²) in [5, 5.41) is 11.9. The number of methoxy groups -OCH3 is 1. The molecule has 10 nitrogen and oxygen atoms in total. The number of aromatic amines is 1. The second-order valence-corrected chi connectivity index (χ2v) is 9.80.